The van der Waals surface area contributed by atoms with Gasteiger partial charge in [-0.3, -0.25) is 0 Å². The van der Waals surface area contributed by atoms with Gasteiger partial charge in [-0.05, 0) is 89.5 Å². The summed E-state index contributed by atoms with van der Waals surface area (Å²) in [6, 6.07) is 9.82. The zero-order valence-corrected chi connectivity index (χ0v) is 22.0. The van der Waals surface area contributed by atoms with Crippen molar-refractivity contribution in [1.29, 1.82) is 0 Å². The molecular weight excluding hydrogens is 448 g/mol. The molecule has 192 valence electrons. The number of rotatable bonds is 4. The molecule has 4 rings (SSSR count). The molecule has 0 saturated heterocycles. The van der Waals surface area contributed by atoms with E-state index in [0.29, 0.717) is 11.1 Å². The molecule has 0 spiro atoms. The maximum absolute atomic E-state index is 10.0. The van der Waals surface area contributed by atoms with Crippen LogP contribution in [0, 0.1) is 11.8 Å². The fraction of sp³-hybridized carbons (Fsp3) is 0.375. The summed E-state index contributed by atoms with van der Waals surface area (Å²) < 4.78 is 0. The Labute approximate surface area is 215 Å². The van der Waals surface area contributed by atoms with Gasteiger partial charge in [0.1, 0.15) is 23.0 Å². The lowest BCUT2D eigenvalue weighted by atomic mass is 9.74. The molecule has 0 heterocycles. The highest BCUT2D eigenvalue weighted by Crippen LogP contribution is 2.47. The maximum Gasteiger partial charge on any atom is 0.123 e. The highest BCUT2D eigenvalue weighted by molar-refractivity contribution is 5.50. The van der Waals surface area contributed by atoms with E-state index in [-0.39, 0.29) is 46.7 Å². The van der Waals surface area contributed by atoms with Crippen molar-refractivity contribution >= 4 is 0 Å². The fourth-order valence-electron chi connectivity index (χ4n) is 5.58. The Morgan fingerprint density at radius 2 is 0.944 bits per heavy atom. The van der Waals surface area contributed by atoms with Crippen LogP contribution in [0.15, 0.2) is 84.0 Å². The maximum atomic E-state index is 10.0. The van der Waals surface area contributed by atoms with Crippen LogP contribution in [0.1, 0.15) is 76.3 Å². The molecule has 0 aliphatic heterocycles. The van der Waals surface area contributed by atoms with Crippen molar-refractivity contribution in [2.45, 2.75) is 65.2 Å². The van der Waals surface area contributed by atoms with Crippen molar-refractivity contribution in [1.82, 2.24) is 0 Å². The summed E-state index contributed by atoms with van der Waals surface area (Å²) in [4.78, 5) is 0. The Hall–Kier alpha value is -3.40. The molecule has 0 bridgehead atoms. The highest BCUT2D eigenvalue weighted by atomic mass is 16.3. The lowest BCUT2D eigenvalue weighted by molar-refractivity contribution is 0.406. The van der Waals surface area contributed by atoms with E-state index in [9.17, 15) is 20.4 Å². The van der Waals surface area contributed by atoms with Crippen LogP contribution in [-0.4, -0.2) is 20.4 Å². The summed E-state index contributed by atoms with van der Waals surface area (Å²) in [7, 11) is 0. The van der Waals surface area contributed by atoms with Gasteiger partial charge in [-0.1, -0.05) is 59.7 Å². The van der Waals surface area contributed by atoms with E-state index >= 15 is 0 Å². The highest BCUT2D eigenvalue weighted by Gasteiger charge is 2.30. The second-order valence-corrected chi connectivity index (χ2v) is 10.5. The van der Waals surface area contributed by atoms with Gasteiger partial charge in [-0.15, -0.1) is 0 Å². The molecule has 2 aliphatic carbocycles. The fourth-order valence-corrected chi connectivity index (χ4v) is 5.58. The lowest BCUT2D eigenvalue weighted by Crippen LogP contribution is -2.17. The van der Waals surface area contributed by atoms with Crippen LogP contribution >= 0.6 is 0 Å². The van der Waals surface area contributed by atoms with Gasteiger partial charge in [0.25, 0.3) is 0 Å². The topological polar surface area (TPSA) is 80.9 Å². The predicted octanol–water partition coefficient (Wildman–Crippen LogP) is 8.23. The van der Waals surface area contributed by atoms with Crippen LogP contribution < -0.4 is 0 Å². The van der Waals surface area contributed by atoms with Crippen LogP contribution in [-0.2, 0) is 0 Å². The van der Waals surface area contributed by atoms with E-state index in [1.54, 1.807) is 36.4 Å². The Balaban J connectivity index is 0.000000201. The Morgan fingerprint density at radius 1 is 0.639 bits per heavy atom. The van der Waals surface area contributed by atoms with Crippen LogP contribution in [0.25, 0.3) is 0 Å². The Bertz CT molecular complexity index is 1050. The summed E-state index contributed by atoms with van der Waals surface area (Å²) in [6.07, 6.45) is 8.46. The molecule has 0 aromatic heterocycles. The molecule has 2 aromatic carbocycles. The van der Waals surface area contributed by atoms with Gasteiger partial charge < -0.3 is 20.4 Å². The number of benzene rings is 2. The summed E-state index contributed by atoms with van der Waals surface area (Å²) in [5.74, 6) is 1.28. The first-order valence-electron chi connectivity index (χ1n) is 12.7. The van der Waals surface area contributed by atoms with Crippen molar-refractivity contribution in [2.24, 2.45) is 11.8 Å². The summed E-state index contributed by atoms with van der Waals surface area (Å²) in [6.45, 7) is 16.3. The smallest absolute Gasteiger partial charge is 0.123 e. The number of hydrogen-bond donors (Lipinski definition) is 4. The first-order valence-corrected chi connectivity index (χ1v) is 12.7. The first kappa shape index (κ1) is 27.2. The summed E-state index contributed by atoms with van der Waals surface area (Å²) in [5.41, 5.74) is 6.08. The molecule has 4 heteroatoms. The molecule has 0 fully saturated rings. The second kappa shape index (κ2) is 11.6. The molecule has 0 amide bonds. The molecule has 0 radical (unpaired) electrons. The quantitative estimate of drug-likeness (QED) is 0.327. The molecule has 2 aromatic rings. The molecule has 2 unspecified atom stereocenters. The SMILES string of the molecule is C=C(C)C1CCC(C)=CC1c1c(O)cccc1O.C=C(C)[C@@H]1CCC(C)=C[C@H]1c1c(O)cccc1O. The molecule has 4 N–H and O–H groups in total. The van der Waals surface area contributed by atoms with Crippen LogP contribution in [0.3, 0.4) is 0 Å². The minimum Gasteiger partial charge on any atom is -0.508 e. The van der Waals surface area contributed by atoms with Gasteiger partial charge >= 0.3 is 0 Å². The molecule has 0 saturated carbocycles. The minimum absolute atomic E-state index is 0.0254. The van der Waals surface area contributed by atoms with E-state index < -0.39 is 0 Å². The predicted molar refractivity (Wildman–Crippen MR) is 148 cm³/mol. The van der Waals surface area contributed by atoms with Crippen molar-refractivity contribution in [3.05, 3.63) is 95.1 Å². The minimum atomic E-state index is 0.0254. The van der Waals surface area contributed by atoms with Gasteiger partial charge in [0, 0.05) is 23.0 Å². The Morgan fingerprint density at radius 3 is 1.22 bits per heavy atom. The van der Waals surface area contributed by atoms with Gasteiger partial charge in [-0.25, -0.2) is 0 Å². The van der Waals surface area contributed by atoms with Crippen molar-refractivity contribution < 1.29 is 20.4 Å². The van der Waals surface area contributed by atoms with Crippen LogP contribution in [0.4, 0.5) is 0 Å². The largest absolute Gasteiger partial charge is 0.508 e. The zero-order chi connectivity index (χ0) is 26.6. The number of phenolic OH excluding ortho intramolecular Hbond substituents is 4. The van der Waals surface area contributed by atoms with E-state index in [1.165, 1.54) is 11.1 Å². The zero-order valence-electron chi connectivity index (χ0n) is 22.0. The second-order valence-electron chi connectivity index (χ2n) is 10.5. The van der Waals surface area contributed by atoms with E-state index in [4.69, 9.17) is 0 Å². The van der Waals surface area contributed by atoms with Crippen molar-refractivity contribution in [3.8, 4) is 23.0 Å². The summed E-state index contributed by atoms with van der Waals surface area (Å²) >= 11 is 0. The molecule has 4 atom stereocenters. The third-order valence-corrected chi connectivity index (χ3v) is 7.55. The number of aromatic hydroxyl groups is 4. The monoisotopic (exact) mass is 488 g/mol. The lowest BCUT2D eigenvalue weighted by Gasteiger charge is -2.31. The third kappa shape index (κ3) is 6.04. The normalized spacial score (nSPS) is 23.6. The van der Waals surface area contributed by atoms with Crippen molar-refractivity contribution in [3.63, 3.8) is 0 Å². The van der Waals surface area contributed by atoms with Crippen molar-refractivity contribution in [2.75, 3.05) is 0 Å². The Kier molecular flexibility index (Phi) is 8.73. The van der Waals surface area contributed by atoms with Gasteiger partial charge in [0.15, 0.2) is 0 Å². The van der Waals surface area contributed by atoms with E-state index in [1.807, 2.05) is 13.8 Å². The average Bonchev–Trinajstić information content (AvgIpc) is 2.79. The van der Waals surface area contributed by atoms with Crippen LogP contribution in [0.2, 0.25) is 0 Å². The third-order valence-electron chi connectivity index (χ3n) is 7.55. The molecule has 4 nitrogen and oxygen atoms in total. The molecule has 2 aliphatic rings. The number of allylic oxidation sites excluding steroid dienone is 6. The molecule has 36 heavy (non-hydrogen) atoms. The number of hydrogen-bond acceptors (Lipinski definition) is 4. The van der Waals surface area contributed by atoms with Gasteiger partial charge in [0.2, 0.25) is 0 Å². The standard InChI is InChI=1S/2C16H20O2/c2*1-10(2)12-8-7-11(3)9-13(12)16-14(17)5-4-6-15(16)18/h2*4-6,9,12-13,17-18H,1,7-8H2,2-3H3/t12-,13+;/m0./s1. The van der Waals surface area contributed by atoms with Gasteiger partial charge in [-0.2, -0.15) is 0 Å². The van der Waals surface area contributed by atoms with E-state index in [2.05, 4.69) is 39.2 Å². The first-order chi connectivity index (χ1) is 17.0. The van der Waals surface area contributed by atoms with Gasteiger partial charge in [0.05, 0.1) is 0 Å². The van der Waals surface area contributed by atoms with Crippen LogP contribution in [0.5, 0.6) is 23.0 Å². The van der Waals surface area contributed by atoms with E-state index in [0.717, 1.165) is 36.8 Å². The summed E-state index contributed by atoms with van der Waals surface area (Å²) in [5, 5.41) is 40.0. The average molecular weight is 489 g/mol. The number of phenols is 4. The molecular formula is C32H40O4.